The molecule has 0 fully saturated rings. The molecule has 180 valence electrons. The van der Waals surface area contributed by atoms with E-state index in [1.54, 1.807) is 0 Å². The molecule has 0 bridgehead atoms. The Balaban J connectivity index is 1.22. The molecule has 1 aromatic heterocycles. The lowest BCUT2D eigenvalue weighted by Crippen LogP contribution is -1.88. The Hall–Kier alpha value is -3.13. The summed E-state index contributed by atoms with van der Waals surface area (Å²) in [6, 6.07) is 26.3. The maximum absolute atomic E-state index is 5.06. The van der Waals surface area contributed by atoms with Gasteiger partial charge in [0.15, 0.2) is 0 Å². The predicted molar refractivity (Wildman–Crippen MR) is 152 cm³/mol. The molecule has 0 amide bonds. The first kappa shape index (κ1) is 23.6. The number of nitrogens with one attached hydrogen (secondary N) is 1. The Morgan fingerprint density at radius 3 is 1.77 bits per heavy atom. The van der Waals surface area contributed by atoms with E-state index in [0.29, 0.717) is 0 Å². The molecule has 0 saturated carbocycles. The monoisotopic (exact) mass is 462 g/mol. The van der Waals surface area contributed by atoms with Gasteiger partial charge in [0.05, 0.1) is 11.0 Å². The van der Waals surface area contributed by atoms with E-state index in [9.17, 15) is 0 Å². The average Bonchev–Trinajstić information content (AvgIpc) is 3.36. The Bertz CT molecular complexity index is 1300. The fourth-order valence-corrected chi connectivity index (χ4v) is 5.41. The first-order valence-corrected chi connectivity index (χ1v) is 13.7. The van der Waals surface area contributed by atoms with Crippen LogP contribution in [0.25, 0.3) is 44.0 Å². The summed E-state index contributed by atoms with van der Waals surface area (Å²) >= 11 is 0. The second-order valence-electron chi connectivity index (χ2n) is 10.0. The second kappa shape index (κ2) is 11.5. The number of hydrogen-bond acceptors (Lipinski definition) is 1. The van der Waals surface area contributed by atoms with Gasteiger partial charge in [-0.1, -0.05) is 138 Å². The fourth-order valence-electron chi connectivity index (χ4n) is 5.41. The van der Waals surface area contributed by atoms with Crippen molar-refractivity contribution >= 4 is 32.6 Å². The van der Waals surface area contributed by atoms with Gasteiger partial charge < -0.3 is 4.98 Å². The number of rotatable bonds is 12. The van der Waals surface area contributed by atoms with Gasteiger partial charge in [-0.2, -0.15) is 0 Å². The van der Waals surface area contributed by atoms with Gasteiger partial charge in [0.1, 0.15) is 5.82 Å². The molecular weight excluding hydrogens is 424 g/mol. The lowest BCUT2D eigenvalue weighted by atomic mass is 10.0. The number of fused-ring (bicyclic) bond motifs is 6. The Kier molecular flexibility index (Phi) is 7.78. The standard InChI is InChI=1S/C33H38N2/c1-2-3-4-5-6-7-8-9-10-11-16-25-21-23-26(24-22-25)33-34-31-29-19-14-12-17-27(29)28-18-13-15-20-30(28)32(31)35-33/h12-15,17-24H,2-11,16H2,1H3,(H,34,35). The summed E-state index contributed by atoms with van der Waals surface area (Å²) in [6.45, 7) is 2.29. The first-order valence-electron chi connectivity index (χ1n) is 13.7. The molecule has 0 saturated heterocycles. The van der Waals surface area contributed by atoms with Crippen molar-refractivity contribution in [1.29, 1.82) is 0 Å². The van der Waals surface area contributed by atoms with E-state index in [2.05, 4.69) is 84.7 Å². The Morgan fingerprint density at radius 2 is 1.11 bits per heavy atom. The van der Waals surface area contributed by atoms with Crippen LogP contribution in [-0.4, -0.2) is 9.97 Å². The minimum atomic E-state index is 0.951. The summed E-state index contributed by atoms with van der Waals surface area (Å²) in [5.41, 5.74) is 4.77. The molecular formula is C33H38N2. The summed E-state index contributed by atoms with van der Waals surface area (Å²) in [6.07, 6.45) is 15.0. The van der Waals surface area contributed by atoms with Gasteiger partial charge in [0, 0.05) is 16.3 Å². The number of imidazole rings is 1. The number of hydrogen-bond donors (Lipinski definition) is 1. The molecule has 0 unspecified atom stereocenters. The third-order valence-electron chi connectivity index (χ3n) is 7.42. The molecule has 5 aromatic rings. The highest BCUT2D eigenvalue weighted by molar-refractivity contribution is 6.23. The molecule has 2 heteroatoms. The molecule has 0 aliphatic heterocycles. The van der Waals surface area contributed by atoms with Crippen LogP contribution in [0, 0.1) is 0 Å². The summed E-state index contributed by atoms with van der Waals surface area (Å²) in [7, 11) is 0. The zero-order valence-electron chi connectivity index (χ0n) is 21.2. The van der Waals surface area contributed by atoms with Crippen molar-refractivity contribution in [3.63, 3.8) is 0 Å². The molecule has 1 N–H and O–H groups in total. The number of benzene rings is 4. The quantitative estimate of drug-likeness (QED) is 0.145. The van der Waals surface area contributed by atoms with Gasteiger partial charge in [-0.15, -0.1) is 0 Å². The highest BCUT2D eigenvalue weighted by Gasteiger charge is 2.13. The summed E-state index contributed by atoms with van der Waals surface area (Å²) in [5, 5.41) is 4.98. The van der Waals surface area contributed by atoms with Crippen LogP contribution in [0.1, 0.15) is 76.7 Å². The number of H-pyrrole nitrogens is 1. The van der Waals surface area contributed by atoms with Crippen molar-refractivity contribution in [3.8, 4) is 11.4 Å². The van der Waals surface area contributed by atoms with Crippen molar-refractivity contribution in [2.24, 2.45) is 0 Å². The number of aromatic amines is 1. The molecule has 1 heterocycles. The van der Waals surface area contributed by atoms with Gasteiger partial charge in [0.25, 0.3) is 0 Å². The van der Waals surface area contributed by atoms with Crippen LogP contribution in [-0.2, 0) is 6.42 Å². The van der Waals surface area contributed by atoms with Crippen molar-refractivity contribution in [1.82, 2.24) is 9.97 Å². The first-order chi connectivity index (χ1) is 17.3. The molecule has 0 spiro atoms. The summed E-state index contributed by atoms with van der Waals surface area (Å²) in [5.74, 6) is 0.951. The number of unbranched alkanes of at least 4 members (excludes halogenated alkanes) is 9. The predicted octanol–water partition coefficient (Wildman–Crippen LogP) is 10.00. The van der Waals surface area contributed by atoms with Crippen LogP contribution in [0.5, 0.6) is 0 Å². The van der Waals surface area contributed by atoms with E-state index in [0.717, 1.165) is 22.4 Å². The third-order valence-corrected chi connectivity index (χ3v) is 7.42. The maximum atomic E-state index is 5.06. The smallest absolute Gasteiger partial charge is 0.138 e. The van der Waals surface area contributed by atoms with E-state index in [1.165, 1.54) is 97.7 Å². The van der Waals surface area contributed by atoms with Gasteiger partial charge in [-0.05, 0) is 29.2 Å². The molecule has 4 aromatic carbocycles. The van der Waals surface area contributed by atoms with Gasteiger partial charge >= 0.3 is 0 Å². The minimum Gasteiger partial charge on any atom is -0.337 e. The zero-order chi connectivity index (χ0) is 23.9. The van der Waals surface area contributed by atoms with E-state index in [4.69, 9.17) is 4.98 Å². The van der Waals surface area contributed by atoms with E-state index in [-0.39, 0.29) is 0 Å². The lowest BCUT2D eigenvalue weighted by Gasteiger charge is -2.05. The lowest BCUT2D eigenvalue weighted by molar-refractivity contribution is 0.556. The van der Waals surface area contributed by atoms with Crippen molar-refractivity contribution in [2.75, 3.05) is 0 Å². The van der Waals surface area contributed by atoms with Gasteiger partial charge in [-0.25, -0.2) is 4.98 Å². The molecule has 35 heavy (non-hydrogen) atoms. The van der Waals surface area contributed by atoms with Crippen LogP contribution < -0.4 is 0 Å². The van der Waals surface area contributed by atoms with Crippen LogP contribution in [0.3, 0.4) is 0 Å². The zero-order valence-corrected chi connectivity index (χ0v) is 21.2. The average molecular weight is 463 g/mol. The van der Waals surface area contributed by atoms with Crippen molar-refractivity contribution < 1.29 is 0 Å². The van der Waals surface area contributed by atoms with Crippen LogP contribution in [0.4, 0.5) is 0 Å². The molecule has 2 nitrogen and oxygen atoms in total. The molecule has 0 aliphatic carbocycles. The van der Waals surface area contributed by atoms with Crippen LogP contribution in [0.15, 0.2) is 72.8 Å². The molecule has 0 aliphatic rings. The van der Waals surface area contributed by atoms with Crippen molar-refractivity contribution in [3.05, 3.63) is 78.4 Å². The molecule has 0 atom stereocenters. The third kappa shape index (κ3) is 5.42. The highest BCUT2D eigenvalue weighted by atomic mass is 14.9. The van der Waals surface area contributed by atoms with Crippen LogP contribution >= 0.6 is 0 Å². The second-order valence-corrected chi connectivity index (χ2v) is 10.0. The maximum Gasteiger partial charge on any atom is 0.138 e. The van der Waals surface area contributed by atoms with Gasteiger partial charge in [0.2, 0.25) is 0 Å². The molecule has 0 radical (unpaired) electrons. The van der Waals surface area contributed by atoms with E-state index >= 15 is 0 Å². The topological polar surface area (TPSA) is 28.7 Å². The summed E-state index contributed by atoms with van der Waals surface area (Å²) in [4.78, 5) is 8.71. The SMILES string of the molecule is CCCCCCCCCCCCc1ccc(-c2nc3c4ccccc4c4ccccc4c3[nH]2)cc1. The fraction of sp³-hybridized carbons (Fsp3) is 0.364. The normalized spacial score (nSPS) is 11.7. The number of aromatic nitrogens is 2. The highest BCUT2D eigenvalue weighted by Crippen LogP contribution is 2.35. The van der Waals surface area contributed by atoms with Crippen LogP contribution in [0.2, 0.25) is 0 Å². The number of nitrogens with zero attached hydrogens (tertiary/aromatic N) is 1. The van der Waals surface area contributed by atoms with Crippen molar-refractivity contribution in [2.45, 2.75) is 77.6 Å². The Morgan fingerprint density at radius 1 is 0.571 bits per heavy atom. The minimum absolute atomic E-state index is 0.951. The van der Waals surface area contributed by atoms with E-state index < -0.39 is 0 Å². The Labute approximate surface area is 209 Å². The largest absolute Gasteiger partial charge is 0.337 e. The van der Waals surface area contributed by atoms with E-state index in [1.807, 2.05) is 0 Å². The van der Waals surface area contributed by atoms with Gasteiger partial charge in [-0.3, -0.25) is 0 Å². The number of aryl methyl sites for hydroxylation is 1. The summed E-state index contributed by atoms with van der Waals surface area (Å²) < 4.78 is 0. The molecule has 5 rings (SSSR count).